The molecule has 0 atom stereocenters. The lowest BCUT2D eigenvalue weighted by Gasteiger charge is -2.12. The van der Waals surface area contributed by atoms with Gasteiger partial charge in [0.25, 0.3) is 5.91 Å². The number of nitrogens with zero attached hydrogens (tertiary/aromatic N) is 1. The van der Waals surface area contributed by atoms with Crippen LogP contribution in [-0.2, 0) is 0 Å². The van der Waals surface area contributed by atoms with E-state index in [1.165, 1.54) is 18.3 Å². The van der Waals surface area contributed by atoms with E-state index >= 15 is 0 Å². The number of aromatic amines is 1. The number of rotatable bonds is 3. The first-order valence-corrected chi connectivity index (χ1v) is 4.84. The summed E-state index contributed by atoms with van der Waals surface area (Å²) >= 11 is 0. The summed E-state index contributed by atoms with van der Waals surface area (Å²) in [6, 6.07) is 2.74. The maximum absolute atomic E-state index is 12.1. The minimum absolute atomic E-state index is 0.117. The monoisotopic (exact) mass is 259 g/mol. The van der Waals surface area contributed by atoms with Gasteiger partial charge in [0.05, 0.1) is 16.5 Å². The number of fused-ring (bicyclic) bond motifs is 1. The van der Waals surface area contributed by atoms with E-state index < -0.39 is 18.7 Å². The molecule has 5 nitrogen and oxygen atoms in total. The van der Waals surface area contributed by atoms with E-state index in [2.05, 4.69) is 14.9 Å². The van der Waals surface area contributed by atoms with Crippen molar-refractivity contribution in [1.29, 1.82) is 0 Å². The summed E-state index contributed by atoms with van der Waals surface area (Å²) in [6.07, 6.45) is -3.16. The number of nitrogens with two attached hydrogens (primary N) is 1. The SMILES string of the molecule is NC(=O)c1ccc2n[nH]cc2c1OCC(F)(F)F. The number of carbonyl (C=O) groups is 1. The number of H-pyrrole nitrogens is 1. The zero-order valence-electron chi connectivity index (χ0n) is 8.91. The highest BCUT2D eigenvalue weighted by atomic mass is 19.4. The van der Waals surface area contributed by atoms with Gasteiger partial charge in [-0.3, -0.25) is 9.89 Å². The van der Waals surface area contributed by atoms with Gasteiger partial charge in [-0.05, 0) is 12.1 Å². The number of benzene rings is 1. The van der Waals surface area contributed by atoms with Gasteiger partial charge < -0.3 is 10.5 Å². The molecule has 0 radical (unpaired) electrons. The van der Waals surface area contributed by atoms with E-state index in [-0.39, 0.29) is 16.7 Å². The van der Waals surface area contributed by atoms with Crippen LogP contribution in [-0.4, -0.2) is 28.9 Å². The van der Waals surface area contributed by atoms with Crippen molar-refractivity contribution in [3.8, 4) is 5.75 Å². The van der Waals surface area contributed by atoms with Crippen LogP contribution in [0, 0.1) is 0 Å². The van der Waals surface area contributed by atoms with E-state index in [4.69, 9.17) is 5.73 Å². The molecule has 0 unspecified atom stereocenters. The first-order valence-electron chi connectivity index (χ1n) is 4.84. The van der Waals surface area contributed by atoms with Crippen molar-refractivity contribution in [2.75, 3.05) is 6.61 Å². The number of halogens is 3. The van der Waals surface area contributed by atoms with E-state index in [0.29, 0.717) is 5.52 Å². The van der Waals surface area contributed by atoms with Gasteiger partial charge in [0.15, 0.2) is 6.61 Å². The fourth-order valence-electron chi connectivity index (χ4n) is 1.50. The fraction of sp³-hybridized carbons (Fsp3) is 0.200. The van der Waals surface area contributed by atoms with Crippen LogP contribution < -0.4 is 10.5 Å². The summed E-state index contributed by atoms with van der Waals surface area (Å²) in [5.74, 6) is -1.08. The van der Waals surface area contributed by atoms with Crippen LogP contribution in [0.25, 0.3) is 10.9 Å². The summed E-state index contributed by atoms with van der Waals surface area (Å²) in [6.45, 7) is -1.50. The maximum atomic E-state index is 12.1. The molecule has 1 aromatic carbocycles. The molecule has 8 heteroatoms. The van der Waals surface area contributed by atoms with E-state index in [1.54, 1.807) is 0 Å². The number of hydrogen-bond donors (Lipinski definition) is 2. The summed E-state index contributed by atoms with van der Waals surface area (Å²) in [7, 11) is 0. The lowest BCUT2D eigenvalue weighted by atomic mass is 10.1. The molecule has 0 aliphatic carbocycles. The summed E-state index contributed by atoms with van der Waals surface area (Å²) < 4.78 is 41.1. The smallest absolute Gasteiger partial charge is 0.422 e. The Morgan fingerprint density at radius 3 is 2.78 bits per heavy atom. The third-order valence-electron chi connectivity index (χ3n) is 2.21. The highest BCUT2D eigenvalue weighted by Crippen LogP contribution is 2.30. The third kappa shape index (κ3) is 2.36. The molecule has 0 fully saturated rings. The average Bonchev–Trinajstić information content (AvgIpc) is 2.72. The van der Waals surface area contributed by atoms with Gasteiger partial charge in [-0.15, -0.1) is 0 Å². The molecule has 3 N–H and O–H groups in total. The maximum Gasteiger partial charge on any atom is 0.422 e. The molecule has 1 heterocycles. The van der Waals surface area contributed by atoms with Gasteiger partial charge in [0.2, 0.25) is 0 Å². The molecule has 1 amide bonds. The predicted octanol–water partition coefficient (Wildman–Crippen LogP) is 1.60. The van der Waals surface area contributed by atoms with Crippen molar-refractivity contribution >= 4 is 16.8 Å². The lowest BCUT2D eigenvalue weighted by molar-refractivity contribution is -0.153. The van der Waals surface area contributed by atoms with Gasteiger partial charge in [-0.25, -0.2) is 0 Å². The van der Waals surface area contributed by atoms with Crippen LogP contribution in [0.4, 0.5) is 13.2 Å². The molecule has 0 aliphatic heterocycles. The Morgan fingerprint density at radius 1 is 1.44 bits per heavy atom. The molecule has 0 aliphatic rings. The zero-order chi connectivity index (χ0) is 13.3. The number of nitrogens with one attached hydrogen (secondary N) is 1. The van der Waals surface area contributed by atoms with Gasteiger partial charge in [0, 0.05) is 6.20 Å². The second-order valence-corrected chi connectivity index (χ2v) is 3.53. The Kier molecular flexibility index (Phi) is 2.85. The number of ether oxygens (including phenoxy) is 1. The van der Waals surface area contributed by atoms with Crippen LogP contribution in [0.2, 0.25) is 0 Å². The van der Waals surface area contributed by atoms with Crippen molar-refractivity contribution in [3.63, 3.8) is 0 Å². The number of amides is 1. The molecule has 18 heavy (non-hydrogen) atoms. The highest BCUT2D eigenvalue weighted by Gasteiger charge is 2.29. The Balaban J connectivity index is 2.46. The first-order chi connectivity index (χ1) is 8.38. The molecule has 0 saturated carbocycles. The first kappa shape index (κ1) is 12.2. The molecule has 0 spiro atoms. The average molecular weight is 259 g/mol. The highest BCUT2D eigenvalue weighted by molar-refractivity contribution is 6.02. The number of aromatic nitrogens is 2. The molecule has 2 aromatic rings. The minimum atomic E-state index is -4.50. The lowest BCUT2D eigenvalue weighted by Crippen LogP contribution is -2.21. The standard InChI is InChI=1S/C10H8F3N3O2/c11-10(12,13)4-18-8-5(9(14)17)1-2-7-6(8)3-15-16-7/h1-3H,4H2,(H2,14,17)(H,15,16). The van der Waals surface area contributed by atoms with Crippen molar-refractivity contribution in [1.82, 2.24) is 10.2 Å². The Labute approximate surface area is 98.7 Å². The number of hydrogen-bond acceptors (Lipinski definition) is 3. The minimum Gasteiger partial charge on any atom is -0.483 e. The summed E-state index contributed by atoms with van der Waals surface area (Å²) in [5, 5.41) is 6.54. The van der Waals surface area contributed by atoms with Crippen LogP contribution in [0.15, 0.2) is 18.3 Å². The van der Waals surface area contributed by atoms with Crippen molar-refractivity contribution in [2.24, 2.45) is 5.73 Å². The third-order valence-corrected chi connectivity index (χ3v) is 2.21. The van der Waals surface area contributed by atoms with Gasteiger partial charge in [-0.2, -0.15) is 18.3 Å². The summed E-state index contributed by atoms with van der Waals surface area (Å²) in [4.78, 5) is 11.1. The van der Waals surface area contributed by atoms with E-state index in [1.807, 2.05) is 0 Å². The van der Waals surface area contributed by atoms with Crippen LogP contribution >= 0.6 is 0 Å². The Hall–Kier alpha value is -2.25. The zero-order valence-corrected chi connectivity index (χ0v) is 8.91. The largest absolute Gasteiger partial charge is 0.483 e. The van der Waals surface area contributed by atoms with E-state index in [9.17, 15) is 18.0 Å². The molecular formula is C10H8F3N3O2. The van der Waals surface area contributed by atoms with Crippen molar-refractivity contribution in [3.05, 3.63) is 23.9 Å². The molecule has 1 aromatic heterocycles. The van der Waals surface area contributed by atoms with Crippen molar-refractivity contribution < 1.29 is 22.7 Å². The van der Waals surface area contributed by atoms with Crippen LogP contribution in [0.5, 0.6) is 5.75 Å². The number of alkyl halides is 3. The molecule has 96 valence electrons. The topological polar surface area (TPSA) is 81.0 Å². The number of primary amides is 1. The van der Waals surface area contributed by atoms with Gasteiger partial charge in [0.1, 0.15) is 5.75 Å². The van der Waals surface area contributed by atoms with Crippen LogP contribution in [0.1, 0.15) is 10.4 Å². The van der Waals surface area contributed by atoms with Crippen LogP contribution in [0.3, 0.4) is 0 Å². The summed E-state index contributed by atoms with van der Waals surface area (Å²) in [5.41, 5.74) is 5.35. The van der Waals surface area contributed by atoms with Crippen molar-refractivity contribution in [2.45, 2.75) is 6.18 Å². The van der Waals surface area contributed by atoms with Gasteiger partial charge in [-0.1, -0.05) is 0 Å². The Bertz CT molecular complexity index is 592. The van der Waals surface area contributed by atoms with E-state index in [0.717, 1.165) is 0 Å². The molecule has 0 bridgehead atoms. The molecular weight excluding hydrogens is 251 g/mol. The second-order valence-electron chi connectivity index (χ2n) is 3.53. The number of carbonyl (C=O) groups excluding carboxylic acids is 1. The normalized spacial score (nSPS) is 11.7. The van der Waals surface area contributed by atoms with Gasteiger partial charge >= 0.3 is 6.18 Å². The Morgan fingerprint density at radius 2 is 2.17 bits per heavy atom. The fourth-order valence-corrected chi connectivity index (χ4v) is 1.50. The molecule has 0 saturated heterocycles. The second kappa shape index (κ2) is 4.21. The quantitative estimate of drug-likeness (QED) is 0.878. The molecule has 2 rings (SSSR count). The predicted molar refractivity (Wildman–Crippen MR) is 56.2 cm³/mol.